The lowest BCUT2D eigenvalue weighted by Gasteiger charge is -2.29. The normalized spacial score (nSPS) is 11.7. The van der Waals surface area contributed by atoms with Crippen molar-refractivity contribution in [2.75, 3.05) is 11.8 Å². The molecule has 1 heterocycles. The molecule has 0 saturated heterocycles. The monoisotopic (exact) mass is 299 g/mol. The fraction of sp³-hybridized carbons (Fsp3) is 0.357. The van der Waals surface area contributed by atoms with E-state index in [9.17, 15) is 0 Å². The summed E-state index contributed by atoms with van der Waals surface area (Å²) in [5, 5.41) is 0. The molecule has 1 aromatic heterocycles. The molecule has 0 bridgehead atoms. The summed E-state index contributed by atoms with van der Waals surface area (Å²) in [6.07, 6.45) is 3.70. The van der Waals surface area contributed by atoms with Gasteiger partial charge in [-0.15, -0.1) is 34.5 Å². The van der Waals surface area contributed by atoms with Crippen LogP contribution in [-0.2, 0) is 12.8 Å². The van der Waals surface area contributed by atoms with Gasteiger partial charge in [0.15, 0.2) is 0 Å². The molecule has 0 amide bonds. The van der Waals surface area contributed by atoms with E-state index in [2.05, 4.69) is 29.2 Å². The van der Waals surface area contributed by atoms with Crippen LogP contribution in [0.15, 0.2) is 42.0 Å². The zero-order valence-corrected chi connectivity index (χ0v) is 12.3. The van der Waals surface area contributed by atoms with Crippen molar-refractivity contribution in [3.05, 3.63) is 52.5 Å². The summed E-state index contributed by atoms with van der Waals surface area (Å²) in [7, 11) is 0. The van der Waals surface area contributed by atoms with Crippen molar-refractivity contribution in [2.45, 2.75) is 12.8 Å². The predicted octanol–water partition coefficient (Wildman–Crippen LogP) is 4.39. The zero-order chi connectivity index (χ0) is 12.8. The van der Waals surface area contributed by atoms with Gasteiger partial charge in [0.1, 0.15) is 0 Å². The van der Waals surface area contributed by atoms with E-state index in [4.69, 9.17) is 23.2 Å². The van der Waals surface area contributed by atoms with E-state index in [1.165, 1.54) is 10.4 Å². The van der Waals surface area contributed by atoms with Crippen LogP contribution >= 0.6 is 34.5 Å². The molecule has 0 radical (unpaired) electrons. The Balaban J connectivity index is 2.16. The molecule has 2 aromatic rings. The van der Waals surface area contributed by atoms with E-state index in [1.807, 2.05) is 17.8 Å². The average Bonchev–Trinajstić information content (AvgIpc) is 2.92. The van der Waals surface area contributed by atoms with Crippen LogP contribution < -0.4 is 0 Å². The Morgan fingerprint density at radius 1 is 1.06 bits per heavy atom. The minimum atomic E-state index is -0.0863. The standard InChI is InChI=1S/C14H15Cl2NS/c15-9-14(10-16,7-13-8-17-11-18-13)6-12-4-2-1-3-5-12/h1-5,8,11H,6-7,9-10H2. The molecule has 2 rings (SSSR count). The summed E-state index contributed by atoms with van der Waals surface area (Å²) in [5.74, 6) is 1.12. The molecule has 0 aliphatic heterocycles. The van der Waals surface area contributed by atoms with Crippen LogP contribution in [0.3, 0.4) is 0 Å². The van der Waals surface area contributed by atoms with Crippen LogP contribution in [0.1, 0.15) is 10.4 Å². The minimum Gasteiger partial charge on any atom is -0.253 e. The summed E-state index contributed by atoms with van der Waals surface area (Å²) in [6, 6.07) is 10.4. The number of rotatable bonds is 6. The van der Waals surface area contributed by atoms with Gasteiger partial charge in [-0.1, -0.05) is 30.3 Å². The number of halogens is 2. The molecule has 0 aliphatic carbocycles. The molecule has 18 heavy (non-hydrogen) atoms. The molecule has 0 unspecified atom stereocenters. The zero-order valence-electron chi connectivity index (χ0n) is 9.98. The van der Waals surface area contributed by atoms with E-state index in [1.54, 1.807) is 11.3 Å². The van der Waals surface area contributed by atoms with Crippen molar-refractivity contribution in [3.63, 3.8) is 0 Å². The summed E-state index contributed by atoms with van der Waals surface area (Å²) in [4.78, 5) is 5.36. The van der Waals surface area contributed by atoms with E-state index >= 15 is 0 Å². The number of nitrogens with zero attached hydrogens (tertiary/aromatic N) is 1. The maximum absolute atomic E-state index is 6.19. The van der Waals surface area contributed by atoms with Crippen LogP contribution in [0, 0.1) is 5.41 Å². The van der Waals surface area contributed by atoms with Crippen LogP contribution in [0.25, 0.3) is 0 Å². The Kier molecular flexibility index (Phi) is 5.04. The van der Waals surface area contributed by atoms with Crippen molar-refractivity contribution in [1.29, 1.82) is 0 Å². The molecule has 0 atom stereocenters. The highest BCUT2D eigenvalue weighted by Gasteiger charge is 2.29. The van der Waals surface area contributed by atoms with Gasteiger partial charge >= 0.3 is 0 Å². The lowest BCUT2D eigenvalue weighted by molar-refractivity contribution is 0.376. The number of benzene rings is 1. The Bertz CT molecular complexity index is 452. The third kappa shape index (κ3) is 3.47. The second-order valence-corrected chi connectivity index (χ2v) is 6.08. The van der Waals surface area contributed by atoms with Gasteiger partial charge in [-0.3, -0.25) is 4.98 Å². The van der Waals surface area contributed by atoms with Gasteiger partial charge in [-0.25, -0.2) is 0 Å². The summed E-state index contributed by atoms with van der Waals surface area (Å²) < 4.78 is 0. The van der Waals surface area contributed by atoms with Gasteiger partial charge in [0.25, 0.3) is 0 Å². The van der Waals surface area contributed by atoms with Crippen molar-refractivity contribution < 1.29 is 0 Å². The first-order valence-corrected chi connectivity index (χ1v) is 7.76. The molecule has 0 spiro atoms. The highest BCUT2D eigenvalue weighted by Crippen LogP contribution is 2.32. The van der Waals surface area contributed by atoms with Crippen molar-refractivity contribution >= 4 is 34.5 Å². The van der Waals surface area contributed by atoms with E-state index < -0.39 is 0 Å². The van der Waals surface area contributed by atoms with E-state index in [0.29, 0.717) is 11.8 Å². The Morgan fingerprint density at radius 3 is 2.33 bits per heavy atom. The summed E-state index contributed by atoms with van der Waals surface area (Å²) >= 11 is 14.0. The lowest BCUT2D eigenvalue weighted by atomic mass is 9.82. The number of aromatic nitrogens is 1. The molecular formula is C14H15Cl2NS. The largest absolute Gasteiger partial charge is 0.253 e. The first-order valence-electron chi connectivity index (χ1n) is 5.81. The second-order valence-electron chi connectivity index (χ2n) is 4.57. The molecule has 96 valence electrons. The number of hydrogen-bond acceptors (Lipinski definition) is 2. The van der Waals surface area contributed by atoms with Crippen LogP contribution in [0.5, 0.6) is 0 Å². The van der Waals surface area contributed by atoms with Gasteiger partial charge in [-0.05, 0) is 18.4 Å². The molecule has 0 saturated carbocycles. The molecule has 0 N–H and O–H groups in total. The number of alkyl halides is 2. The molecule has 1 nitrogen and oxygen atoms in total. The van der Waals surface area contributed by atoms with Crippen molar-refractivity contribution in [2.24, 2.45) is 5.41 Å². The Hall–Kier alpha value is -0.570. The first kappa shape index (κ1) is 13.9. The fourth-order valence-corrected chi connectivity index (χ4v) is 3.45. The highest BCUT2D eigenvalue weighted by atomic mass is 35.5. The topological polar surface area (TPSA) is 12.9 Å². The van der Waals surface area contributed by atoms with Crippen LogP contribution in [0.2, 0.25) is 0 Å². The Morgan fingerprint density at radius 2 is 1.78 bits per heavy atom. The van der Waals surface area contributed by atoms with Gasteiger partial charge in [0, 0.05) is 28.2 Å². The van der Waals surface area contributed by atoms with Gasteiger partial charge in [0.05, 0.1) is 5.51 Å². The lowest BCUT2D eigenvalue weighted by Crippen LogP contribution is -2.30. The SMILES string of the molecule is ClCC(CCl)(Cc1ccccc1)Cc1cncs1. The molecule has 1 aromatic carbocycles. The molecule has 4 heteroatoms. The Labute approximate surface area is 122 Å². The molecule has 0 aliphatic rings. The minimum absolute atomic E-state index is 0.0863. The predicted molar refractivity (Wildman–Crippen MR) is 79.8 cm³/mol. The highest BCUT2D eigenvalue weighted by molar-refractivity contribution is 7.09. The van der Waals surface area contributed by atoms with Crippen molar-refractivity contribution in [1.82, 2.24) is 4.98 Å². The maximum atomic E-state index is 6.19. The summed E-state index contributed by atoms with van der Waals surface area (Å²) in [5.41, 5.74) is 3.05. The average molecular weight is 300 g/mol. The molecule has 0 fully saturated rings. The maximum Gasteiger partial charge on any atom is 0.0794 e. The van der Waals surface area contributed by atoms with Crippen molar-refractivity contribution in [3.8, 4) is 0 Å². The third-order valence-corrected chi connectivity index (χ3v) is 4.94. The number of thiazole rings is 1. The smallest absolute Gasteiger partial charge is 0.0794 e. The molecular weight excluding hydrogens is 285 g/mol. The third-order valence-electron chi connectivity index (χ3n) is 3.02. The van der Waals surface area contributed by atoms with E-state index in [0.717, 1.165) is 12.8 Å². The van der Waals surface area contributed by atoms with Gasteiger partial charge in [0.2, 0.25) is 0 Å². The van der Waals surface area contributed by atoms with Crippen LogP contribution in [-0.4, -0.2) is 16.7 Å². The van der Waals surface area contributed by atoms with E-state index in [-0.39, 0.29) is 5.41 Å². The summed E-state index contributed by atoms with van der Waals surface area (Å²) in [6.45, 7) is 0. The second kappa shape index (κ2) is 6.55. The quantitative estimate of drug-likeness (QED) is 0.721. The van der Waals surface area contributed by atoms with Gasteiger partial charge < -0.3 is 0 Å². The fourth-order valence-electron chi connectivity index (χ4n) is 2.02. The van der Waals surface area contributed by atoms with Gasteiger partial charge in [-0.2, -0.15) is 0 Å². The number of hydrogen-bond donors (Lipinski definition) is 0. The first-order chi connectivity index (χ1) is 8.78. The van der Waals surface area contributed by atoms with Crippen LogP contribution in [0.4, 0.5) is 0 Å².